The molecule has 21 heavy (non-hydrogen) atoms. The molecule has 116 valence electrons. The summed E-state index contributed by atoms with van der Waals surface area (Å²) in [7, 11) is 2.21. The molecule has 0 amide bonds. The van der Waals surface area contributed by atoms with Crippen LogP contribution >= 0.6 is 0 Å². The number of benzene rings is 1. The van der Waals surface area contributed by atoms with Crippen LogP contribution in [0.2, 0.25) is 0 Å². The highest BCUT2D eigenvalue weighted by molar-refractivity contribution is 5.56. The van der Waals surface area contributed by atoms with Gasteiger partial charge in [0.2, 0.25) is 0 Å². The summed E-state index contributed by atoms with van der Waals surface area (Å²) in [5, 5.41) is 0. The number of fused-ring (bicyclic) bond motifs is 1. The van der Waals surface area contributed by atoms with Crippen LogP contribution in [0.5, 0.6) is 0 Å². The average molecular weight is 287 g/mol. The molecule has 2 aliphatic heterocycles. The van der Waals surface area contributed by atoms with E-state index < -0.39 is 0 Å². The topological polar surface area (TPSA) is 32.5 Å². The van der Waals surface area contributed by atoms with Gasteiger partial charge in [-0.15, -0.1) is 0 Å². The van der Waals surface area contributed by atoms with Gasteiger partial charge in [-0.1, -0.05) is 19.1 Å². The van der Waals surface area contributed by atoms with E-state index in [0.717, 1.165) is 6.54 Å². The third-order valence-corrected chi connectivity index (χ3v) is 5.24. The zero-order valence-electron chi connectivity index (χ0n) is 13.5. The molecule has 3 nitrogen and oxygen atoms in total. The van der Waals surface area contributed by atoms with Crippen molar-refractivity contribution in [3.05, 3.63) is 29.3 Å². The summed E-state index contributed by atoms with van der Waals surface area (Å²) in [5.74, 6) is 0.621. The number of aryl methyl sites for hydroxylation is 1. The molecule has 2 aliphatic rings. The van der Waals surface area contributed by atoms with E-state index in [9.17, 15) is 0 Å². The first-order chi connectivity index (χ1) is 10.2. The summed E-state index contributed by atoms with van der Waals surface area (Å²) < 4.78 is 0. The molecule has 0 aliphatic carbocycles. The molecule has 0 bridgehead atoms. The zero-order chi connectivity index (χ0) is 14.8. The summed E-state index contributed by atoms with van der Waals surface area (Å²) in [6.07, 6.45) is 4.97. The van der Waals surface area contributed by atoms with Gasteiger partial charge >= 0.3 is 0 Å². The molecular weight excluding hydrogens is 258 g/mol. The molecule has 2 heterocycles. The first-order valence-corrected chi connectivity index (χ1v) is 8.52. The summed E-state index contributed by atoms with van der Waals surface area (Å²) in [5.41, 5.74) is 10.5. The third kappa shape index (κ3) is 2.82. The van der Waals surface area contributed by atoms with E-state index in [4.69, 9.17) is 5.73 Å². The Bertz CT molecular complexity index is 485. The van der Waals surface area contributed by atoms with Gasteiger partial charge in [0.25, 0.3) is 0 Å². The second-order valence-corrected chi connectivity index (χ2v) is 6.68. The molecule has 1 fully saturated rings. The van der Waals surface area contributed by atoms with Crippen LogP contribution in [0, 0.1) is 5.92 Å². The van der Waals surface area contributed by atoms with Crippen molar-refractivity contribution in [3.8, 4) is 0 Å². The van der Waals surface area contributed by atoms with Crippen LogP contribution in [0.15, 0.2) is 18.2 Å². The van der Waals surface area contributed by atoms with E-state index in [-0.39, 0.29) is 0 Å². The molecule has 2 unspecified atom stereocenters. The first kappa shape index (κ1) is 14.9. The van der Waals surface area contributed by atoms with Crippen LogP contribution in [0.25, 0.3) is 0 Å². The fourth-order valence-electron chi connectivity index (χ4n) is 4.18. The minimum absolute atomic E-state index is 0.535. The smallest absolute Gasteiger partial charge is 0.0396 e. The number of likely N-dealkylation sites (tertiary alicyclic amines) is 1. The van der Waals surface area contributed by atoms with Crippen molar-refractivity contribution in [1.82, 2.24) is 4.90 Å². The van der Waals surface area contributed by atoms with Crippen molar-refractivity contribution in [2.24, 2.45) is 11.7 Å². The van der Waals surface area contributed by atoms with E-state index in [1.54, 1.807) is 0 Å². The minimum Gasteiger partial charge on any atom is -0.374 e. The molecule has 0 radical (unpaired) electrons. The molecule has 1 aromatic rings. The molecule has 3 rings (SSSR count). The monoisotopic (exact) mass is 287 g/mol. The predicted octanol–water partition coefficient (Wildman–Crippen LogP) is 2.80. The summed E-state index contributed by atoms with van der Waals surface area (Å²) in [6.45, 7) is 6.66. The van der Waals surface area contributed by atoms with Gasteiger partial charge < -0.3 is 10.6 Å². The number of nitrogens with two attached hydrogens (primary N) is 1. The summed E-state index contributed by atoms with van der Waals surface area (Å²) in [4.78, 5) is 5.04. The number of nitrogens with zero attached hydrogens (tertiary/aromatic N) is 2. The van der Waals surface area contributed by atoms with E-state index in [1.165, 1.54) is 62.1 Å². The highest BCUT2D eigenvalue weighted by atomic mass is 15.2. The number of anilines is 1. The number of hydrogen-bond donors (Lipinski definition) is 1. The van der Waals surface area contributed by atoms with Gasteiger partial charge in [0.15, 0.2) is 0 Å². The maximum Gasteiger partial charge on any atom is 0.0396 e. The molecule has 2 N–H and O–H groups in total. The van der Waals surface area contributed by atoms with Crippen LogP contribution in [-0.4, -0.2) is 38.1 Å². The largest absolute Gasteiger partial charge is 0.374 e. The zero-order valence-corrected chi connectivity index (χ0v) is 13.5. The Kier molecular flexibility index (Phi) is 4.51. The maximum absolute atomic E-state index is 6.04. The highest BCUT2D eigenvalue weighted by Gasteiger charge is 2.34. The van der Waals surface area contributed by atoms with Gasteiger partial charge in [0.05, 0.1) is 0 Å². The van der Waals surface area contributed by atoms with Gasteiger partial charge in [-0.25, -0.2) is 0 Å². The van der Waals surface area contributed by atoms with Gasteiger partial charge in [-0.05, 0) is 68.4 Å². The average Bonchev–Trinajstić information content (AvgIpc) is 2.90. The van der Waals surface area contributed by atoms with Crippen molar-refractivity contribution >= 4 is 5.69 Å². The van der Waals surface area contributed by atoms with Gasteiger partial charge in [-0.3, -0.25) is 4.90 Å². The fourth-order valence-corrected chi connectivity index (χ4v) is 4.18. The summed E-state index contributed by atoms with van der Waals surface area (Å²) in [6, 6.07) is 7.68. The normalized spacial score (nSPS) is 26.1. The van der Waals surface area contributed by atoms with Crippen molar-refractivity contribution in [3.63, 3.8) is 0 Å². The van der Waals surface area contributed by atoms with Crippen LogP contribution in [0.1, 0.15) is 43.4 Å². The second kappa shape index (κ2) is 6.37. The number of rotatable bonds is 4. The summed E-state index contributed by atoms with van der Waals surface area (Å²) >= 11 is 0. The Hall–Kier alpha value is -1.06. The molecule has 0 spiro atoms. The molecular formula is C18H29N3. The van der Waals surface area contributed by atoms with Crippen LogP contribution in [0.3, 0.4) is 0 Å². The molecule has 1 saturated heterocycles. The lowest BCUT2D eigenvalue weighted by molar-refractivity contribution is 0.230. The Morgan fingerprint density at radius 1 is 1.29 bits per heavy atom. The second-order valence-electron chi connectivity index (χ2n) is 6.68. The lowest BCUT2D eigenvalue weighted by atomic mass is 9.90. The van der Waals surface area contributed by atoms with Crippen molar-refractivity contribution < 1.29 is 0 Å². The van der Waals surface area contributed by atoms with E-state index in [1.807, 2.05) is 0 Å². The van der Waals surface area contributed by atoms with Crippen molar-refractivity contribution in [1.29, 1.82) is 0 Å². The molecule has 1 aromatic carbocycles. The quantitative estimate of drug-likeness (QED) is 0.924. The fraction of sp³-hybridized carbons (Fsp3) is 0.667. The van der Waals surface area contributed by atoms with E-state index >= 15 is 0 Å². The predicted molar refractivity (Wildman–Crippen MR) is 89.8 cm³/mol. The minimum atomic E-state index is 0.535. The van der Waals surface area contributed by atoms with E-state index in [0.29, 0.717) is 12.0 Å². The van der Waals surface area contributed by atoms with E-state index in [2.05, 4.69) is 42.0 Å². The van der Waals surface area contributed by atoms with Crippen LogP contribution in [0.4, 0.5) is 5.69 Å². The van der Waals surface area contributed by atoms with Crippen LogP contribution < -0.4 is 10.6 Å². The number of hydrogen-bond acceptors (Lipinski definition) is 3. The van der Waals surface area contributed by atoms with Gasteiger partial charge in [0.1, 0.15) is 0 Å². The SMILES string of the molecule is CCCN1CCC(CN)C1c1ccc2c(c1)CCCN2C. The van der Waals surface area contributed by atoms with Crippen molar-refractivity contribution in [2.75, 3.05) is 38.1 Å². The Morgan fingerprint density at radius 2 is 2.14 bits per heavy atom. The first-order valence-electron chi connectivity index (χ1n) is 8.52. The van der Waals surface area contributed by atoms with Crippen molar-refractivity contribution in [2.45, 2.75) is 38.6 Å². The third-order valence-electron chi connectivity index (χ3n) is 5.24. The van der Waals surface area contributed by atoms with Crippen LogP contribution in [-0.2, 0) is 6.42 Å². The molecule has 2 atom stereocenters. The lowest BCUT2D eigenvalue weighted by Crippen LogP contribution is -2.29. The Balaban J connectivity index is 1.90. The van der Waals surface area contributed by atoms with Gasteiger partial charge in [0, 0.05) is 25.3 Å². The standard InChI is InChI=1S/C18H29N3/c1-3-9-21-11-8-16(13-19)18(21)15-6-7-17-14(12-15)5-4-10-20(17)2/h6-7,12,16,18H,3-5,8-11,13,19H2,1-2H3. The molecule has 3 heteroatoms. The Morgan fingerprint density at radius 3 is 2.90 bits per heavy atom. The Labute approximate surface area is 129 Å². The van der Waals surface area contributed by atoms with Gasteiger partial charge in [-0.2, -0.15) is 0 Å². The lowest BCUT2D eigenvalue weighted by Gasteiger charge is -2.31. The highest BCUT2D eigenvalue weighted by Crippen LogP contribution is 2.39. The maximum atomic E-state index is 6.04. The molecule has 0 saturated carbocycles. The molecule has 0 aromatic heterocycles.